The molecule has 0 aromatic heterocycles. The highest BCUT2D eigenvalue weighted by Gasteiger charge is 2.10. The standard InChI is InChI=1S/C10H13BrO2/c1-5-6-7(2)9(11)8(3)10(12)13-4/h5-6H,3H2,1-2,4H3. The summed E-state index contributed by atoms with van der Waals surface area (Å²) in [6.07, 6.45) is 3.78. The predicted octanol–water partition coefficient (Wildman–Crippen LogP) is 2.96. The molecule has 0 aromatic rings. The average Bonchev–Trinajstić information content (AvgIpc) is 2.14. The molecule has 0 unspecified atom stereocenters. The van der Waals surface area contributed by atoms with Gasteiger partial charge in [-0.2, -0.15) is 0 Å². The van der Waals surface area contributed by atoms with E-state index in [1.165, 1.54) is 7.11 Å². The number of hydrogen-bond donors (Lipinski definition) is 0. The lowest BCUT2D eigenvalue weighted by Gasteiger charge is -2.03. The SMILES string of the molecule is C=C(C(=O)OC)C(Br)=C(C)C=CC. The number of carbonyl (C=O) groups is 1. The maximum atomic E-state index is 11.1. The largest absolute Gasteiger partial charge is 0.465 e. The second-order valence-corrected chi connectivity index (χ2v) is 3.26. The van der Waals surface area contributed by atoms with Crippen LogP contribution in [0.3, 0.4) is 0 Å². The van der Waals surface area contributed by atoms with E-state index in [-0.39, 0.29) is 0 Å². The van der Waals surface area contributed by atoms with E-state index in [1.807, 2.05) is 26.0 Å². The molecule has 0 heterocycles. The first-order valence-corrected chi connectivity index (χ1v) is 4.60. The molecule has 0 aliphatic carbocycles. The van der Waals surface area contributed by atoms with Crippen LogP contribution in [0.25, 0.3) is 0 Å². The summed E-state index contributed by atoms with van der Waals surface area (Å²) in [4.78, 5) is 11.1. The summed E-state index contributed by atoms with van der Waals surface area (Å²) in [6, 6.07) is 0. The van der Waals surface area contributed by atoms with Crippen molar-refractivity contribution < 1.29 is 9.53 Å². The van der Waals surface area contributed by atoms with Crippen molar-refractivity contribution in [3.63, 3.8) is 0 Å². The maximum Gasteiger partial charge on any atom is 0.338 e. The van der Waals surface area contributed by atoms with E-state index < -0.39 is 5.97 Å². The first-order chi connectivity index (χ1) is 6.04. The van der Waals surface area contributed by atoms with E-state index in [4.69, 9.17) is 0 Å². The highest BCUT2D eigenvalue weighted by molar-refractivity contribution is 9.12. The molecule has 0 saturated carbocycles. The van der Waals surface area contributed by atoms with Crippen LogP contribution in [0.5, 0.6) is 0 Å². The van der Waals surface area contributed by atoms with E-state index >= 15 is 0 Å². The van der Waals surface area contributed by atoms with Crippen LogP contribution in [0, 0.1) is 0 Å². The van der Waals surface area contributed by atoms with Crippen LogP contribution in [0.15, 0.2) is 34.4 Å². The van der Waals surface area contributed by atoms with Crippen molar-refractivity contribution in [3.8, 4) is 0 Å². The number of ether oxygens (including phenoxy) is 1. The Hall–Kier alpha value is -0.830. The first-order valence-electron chi connectivity index (χ1n) is 3.81. The van der Waals surface area contributed by atoms with E-state index in [0.717, 1.165) is 5.57 Å². The molecule has 13 heavy (non-hydrogen) atoms. The molecule has 0 bridgehead atoms. The third-order valence-corrected chi connectivity index (χ3v) is 2.56. The summed E-state index contributed by atoms with van der Waals surface area (Å²) < 4.78 is 5.21. The monoisotopic (exact) mass is 244 g/mol. The zero-order chi connectivity index (χ0) is 10.4. The van der Waals surface area contributed by atoms with Crippen LogP contribution in [0.1, 0.15) is 13.8 Å². The fourth-order valence-corrected chi connectivity index (χ4v) is 1.07. The number of hydrogen-bond acceptors (Lipinski definition) is 2. The fraction of sp³-hybridized carbons (Fsp3) is 0.300. The van der Waals surface area contributed by atoms with Gasteiger partial charge in [-0.3, -0.25) is 0 Å². The summed E-state index contributed by atoms with van der Waals surface area (Å²) in [7, 11) is 1.33. The molecule has 0 aliphatic rings. The van der Waals surface area contributed by atoms with Crippen LogP contribution in [-0.4, -0.2) is 13.1 Å². The second kappa shape index (κ2) is 5.75. The van der Waals surface area contributed by atoms with Crippen LogP contribution in [0.2, 0.25) is 0 Å². The van der Waals surface area contributed by atoms with E-state index in [9.17, 15) is 4.79 Å². The van der Waals surface area contributed by atoms with Gasteiger partial charge in [-0.15, -0.1) is 0 Å². The summed E-state index contributed by atoms with van der Waals surface area (Å²) in [5.74, 6) is -0.421. The summed E-state index contributed by atoms with van der Waals surface area (Å²) >= 11 is 3.28. The number of methoxy groups -OCH3 is 1. The minimum absolute atomic E-state index is 0.332. The van der Waals surface area contributed by atoms with Gasteiger partial charge >= 0.3 is 5.97 Å². The van der Waals surface area contributed by atoms with Crippen molar-refractivity contribution >= 4 is 21.9 Å². The normalized spacial score (nSPS) is 12.6. The van der Waals surface area contributed by atoms with Gasteiger partial charge in [0.25, 0.3) is 0 Å². The lowest BCUT2D eigenvalue weighted by molar-refractivity contribution is -0.135. The zero-order valence-electron chi connectivity index (χ0n) is 8.06. The van der Waals surface area contributed by atoms with Gasteiger partial charge in [0, 0.05) is 4.48 Å². The second-order valence-electron chi connectivity index (χ2n) is 2.47. The average molecular weight is 245 g/mol. The van der Waals surface area contributed by atoms with Crippen LogP contribution in [0.4, 0.5) is 0 Å². The molecule has 0 rings (SSSR count). The Bertz CT molecular complexity index is 275. The van der Waals surface area contributed by atoms with Crippen molar-refractivity contribution in [1.29, 1.82) is 0 Å². The minimum atomic E-state index is -0.421. The Morgan fingerprint density at radius 3 is 2.46 bits per heavy atom. The highest BCUT2D eigenvalue weighted by Crippen LogP contribution is 2.21. The van der Waals surface area contributed by atoms with Gasteiger partial charge in [0.15, 0.2) is 0 Å². The maximum absolute atomic E-state index is 11.1. The lowest BCUT2D eigenvalue weighted by atomic mass is 10.2. The quantitative estimate of drug-likeness (QED) is 0.434. The van der Waals surface area contributed by atoms with Crippen LogP contribution >= 0.6 is 15.9 Å². The van der Waals surface area contributed by atoms with E-state index in [1.54, 1.807) is 0 Å². The molecule has 0 spiro atoms. The van der Waals surface area contributed by atoms with Gasteiger partial charge in [-0.25, -0.2) is 4.79 Å². The van der Waals surface area contributed by atoms with Gasteiger partial charge in [0.2, 0.25) is 0 Å². The van der Waals surface area contributed by atoms with E-state index in [0.29, 0.717) is 10.1 Å². The summed E-state index contributed by atoms with van der Waals surface area (Å²) in [5, 5.41) is 0. The number of esters is 1. The molecule has 0 fully saturated rings. The molecule has 0 aromatic carbocycles. The van der Waals surface area contributed by atoms with Crippen LogP contribution < -0.4 is 0 Å². The Morgan fingerprint density at radius 1 is 1.54 bits per heavy atom. The highest BCUT2D eigenvalue weighted by atomic mass is 79.9. The first kappa shape index (κ1) is 12.2. The van der Waals surface area contributed by atoms with Crippen molar-refractivity contribution in [2.75, 3.05) is 7.11 Å². The molecule has 0 radical (unpaired) electrons. The summed E-state index contributed by atoms with van der Waals surface area (Å²) in [6.45, 7) is 7.41. The fourth-order valence-electron chi connectivity index (χ4n) is 0.774. The smallest absolute Gasteiger partial charge is 0.338 e. The Kier molecular flexibility index (Phi) is 5.39. The molecule has 0 N–H and O–H groups in total. The molecule has 0 aliphatic heterocycles. The minimum Gasteiger partial charge on any atom is -0.465 e. The van der Waals surface area contributed by atoms with Gasteiger partial charge in [0.1, 0.15) is 0 Å². The molecular weight excluding hydrogens is 232 g/mol. The number of carbonyl (C=O) groups excluding carboxylic acids is 1. The van der Waals surface area contributed by atoms with Gasteiger partial charge < -0.3 is 4.74 Å². The lowest BCUT2D eigenvalue weighted by Crippen LogP contribution is -2.04. The van der Waals surface area contributed by atoms with E-state index in [2.05, 4.69) is 27.2 Å². The summed E-state index contributed by atoms with van der Waals surface area (Å²) in [5.41, 5.74) is 1.27. The molecule has 2 nitrogen and oxygen atoms in total. The molecule has 0 amide bonds. The third kappa shape index (κ3) is 3.59. The molecule has 72 valence electrons. The van der Waals surface area contributed by atoms with Gasteiger partial charge in [-0.05, 0) is 35.4 Å². The van der Waals surface area contributed by atoms with Gasteiger partial charge in [-0.1, -0.05) is 18.7 Å². The van der Waals surface area contributed by atoms with Gasteiger partial charge in [0.05, 0.1) is 12.7 Å². The topological polar surface area (TPSA) is 26.3 Å². The van der Waals surface area contributed by atoms with Crippen molar-refractivity contribution in [1.82, 2.24) is 0 Å². The number of allylic oxidation sites excluding steroid dienone is 3. The Morgan fingerprint density at radius 2 is 2.08 bits per heavy atom. The number of halogens is 1. The molecule has 0 saturated heterocycles. The molecular formula is C10H13BrO2. The predicted molar refractivity (Wildman–Crippen MR) is 57.6 cm³/mol. The zero-order valence-corrected chi connectivity index (χ0v) is 9.64. The Labute approximate surface area is 87.1 Å². The van der Waals surface area contributed by atoms with Crippen molar-refractivity contribution in [2.24, 2.45) is 0 Å². The van der Waals surface area contributed by atoms with Crippen molar-refractivity contribution in [2.45, 2.75) is 13.8 Å². The molecule has 0 atom stereocenters. The third-order valence-electron chi connectivity index (χ3n) is 1.46. The Balaban J connectivity index is 4.77. The van der Waals surface area contributed by atoms with Crippen LogP contribution in [-0.2, 0) is 9.53 Å². The number of rotatable bonds is 3. The molecule has 3 heteroatoms. The van der Waals surface area contributed by atoms with Crippen molar-refractivity contribution in [3.05, 3.63) is 34.4 Å².